The molecule has 1 saturated heterocycles. The van der Waals surface area contributed by atoms with E-state index in [0.717, 1.165) is 5.56 Å². The summed E-state index contributed by atoms with van der Waals surface area (Å²) in [5.41, 5.74) is 2.05. The molecule has 0 saturated carbocycles. The molecule has 0 amide bonds. The Kier molecular flexibility index (Phi) is 4.50. The summed E-state index contributed by atoms with van der Waals surface area (Å²) in [6.07, 6.45) is 5.56. The number of aromatic amines is 1. The van der Waals surface area contributed by atoms with Crippen LogP contribution < -0.4 is 4.31 Å². The molecule has 0 unspecified atom stereocenters. The fourth-order valence-electron chi connectivity index (χ4n) is 3.17. The minimum atomic E-state index is -3.44. The maximum absolute atomic E-state index is 12.4. The van der Waals surface area contributed by atoms with E-state index in [1.165, 1.54) is 11.2 Å². The number of rotatable bonds is 5. The van der Waals surface area contributed by atoms with Gasteiger partial charge in [0.1, 0.15) is 5.78 Å². The maximum atomic E-state index is 12.4. The van der Waals surface area contributed by atoms with Crippen LogP contribution in [0.2, 0.25) is 0 Å². The number of carbonyl (C=O) groups is 1. The van der Waals surface area contributed by atoms with Crippen molar-refractivity contribution in [3.05, 3.63) is 35.9 Å². The number of nitrogens with one attached hydrogen (secondary N) is 1. The summed E-state index contributed by atoms with van der Waals surface area (Å²) in [4.78, 5) is 27.3. The van der Waals surface area contributed by atoms with E-state index in [1.807, 2.05) is 6.92 Å². The number of aromatic nitrogens is 4. The predicted octanol–water partition coefficient (Wildman–Crippen LogP) is 2.11. The molecule has 10 heteroatoms. The molecule has 4 rings (SSSR count). The van der Waals surface area contributed by atoms with Crippen LogP contribution in [0.4, 0.5) is 5.82 Å². The molecule has 146 valence electrons. The number of ketones is 1. The first kappa shape index (κ1) is 18.4. The number of anilines is 1. The van der Waals surface area contributed by atoms with Crippen LogP contribution in [0.1, 0.15) is 24.6 Å². The molecule has 9 nitrogen and oxygen atoms in total. The van der Waals surface area contributed by atoms with Gasteiger partial charge in [-0.15, -0.1) is 0 Å². The molecule has 3 aromatic rings. The molecule has 0 aliphatic carbocycles. The number of sulfonamides is 1. The first-order valence-electron chi connectivity index (χ1n) is 8.81. The smallest absolute Gasteiger partial charge is 0.236 e. The largest absolute Gasteiger partial charge is 0.430 e. The molecule has 1 aliphatic rings. The third kappa shape index (κ3) is 3.31. The van der Waals surface area contributed by atoms with Crippen LogP contribution in [0.3, 0.4) is 0 Å². The van der Waals surface area contributed by atoms with Crippen LogP contribution >= 0.6 is 0 Å². The summed E-state index contributed by atoms with van der Waals surface area (Å²) in [6, 6.07) is 1.75. The molecule has 28 heavy (non-hydrogen) atoms. The monoisotopic (exact) mass is 401 g/mol. The van der Waals surface area contributed by atoms with Crippen molar-refractivity contribution >= 4 is 21.6 Å². The molecule has 4 heterocycles. The van der Waals surface area contributed by atoms with Gasteiger partial charge in [0.25, 0.3) is 0 Å². The minimum absolute atomic E-state index is 0.00479. The summed E-state index contributed by atoms with van der Waals surface area (Å²) in [7, 11) is -3.44. The van der Waals surface area contributed by atoms with Gasteiger partial charge < -0.3 is 9.40 Å². The van der Waals surface area contributed by atoms with Gasteiger partial charge in [-0.2, -0.15) is 4.98 Å². The van der Waals surface area contributed by atoms with Gasteiger partial charge in [-0.05, 0) is 31.9 Å². The number of oxazole rings is 1. The fraction of sp³-hybridized carbons (Fsp3) is 0.333. The Morgan fingerprint density at radius 2 is 2.18 bits per heavy atom. The van der Waals surface area contributed by atoms with Crippen molar-refractivity contribution in [2.45, 2.75) is 26.7 Å². The van der Waals surface area contributed by atoms with Crippen molar-refractivity contribution in [3.8, 4) is 23.0 Å². The van der Waals surface area contributed by atoms with Crippen molar-refractivity contribution in [1.82, 2.24) is 19.9 Å². The molecular formula is C18H19N5O4S. The summed E-state index contributed by atoms with van der Waals surface area (Å²) in [6.45, 7) is 3.69. The first-order chi connectivity index (χ1) is 13.3. The molecule has 0 radical (unpaired) electrons. The lowest BCUT2D eigenvalue weighted by molar-refractivity contribution is -0.116. The highest BCUT2D eigenvalue weighted by Crippen LogP contribution is 2.37. The van der Waals surface area contributed by atoms with Gasteiger partial charge in [-0.25, -0.2) is 13.4 Å². The Bertz CT molecular complexity index is 1130. The standard InChI is InChI=1S/C18H19N5O4S/c1-11-10-21-13(8-12(2)24)9-14(11)18-22-17(23-6-3-7-28(23,25)26)15(27-18)16-19-4-5-20-16/h4-5,9-10H,3,6-8H2,1-2H3,(H,19,20). The van der Waals surface area contributed by atoms with Crippen molar-refractivity contribution < 1.29 is 17.6 Å². The molecule has 1 aliphatic heterocycles. The van der Waals surface area contributed by atoms with Gasteiger partial charge in [0.15, 0.2) is 11.6 Å². The molecule has 3 aromatic heterocycles. The Hall–Kier alpha value is -3.01. The number of nitrogens with zero attached hydrogens (tertiary/aromatic N) is 4. The number of imidazole rings is 1. The molecule has 0 spiro atoms. The van der Waals surface area contributed by atoms with Crippen molar-refractivity contribution in [3.63, 3.8) is 0 Å². The topological polar surface area (TPSA) is 122 Å². The zero-order valence-electron chi connectivity index (χ0n) is 15.5. The molecule has 0 bridgehead atoms. The lowest BCUT2D eigenvalue weighted by Gasteiger charge is -2.13. The van der Waals surface area contributed by atoms with E-state index in [4.69, 9.17) is 4.42 Å². The number of H-pyrrole nitrogens is 1. The summed E-state index contributed by atoms with van der Waals surface area (Å²) < 4.78 is 32.1. The van der Waals surface area contributed by atoms with Crippen molar-refractivity contribution in [2.75, 3.05) is 16.6 Å². The summed E-state index contributed by atoms with van der Waals surface area (Å²) >= 11 is 0. The highest BCUT2D eigenvalue weighted by molar-refractivity contribution is 7.93. The van der Waals surface area contributed by atoms with Crippen LogP contribution in [0, 0.1) is 6.92 Å². The Morgan fingerprint density at radius 1 is 1.36 bits per heavy atom. The van der Waals surface area contributed by atoms with Crippen LogP contribution in [0.25, 0.3) is 23.0 Å². The van der Waals surface area contributed by atoms with Crippen LogP contribution in [0.5, 0.6) is 0 Å². The second-order valence-electron chi connectivity index (χ2n) is 6.72. The Balaban J connectivity index is 1.86. The minimum Gasteiger partial charge on any atom is -0.430 e. The lowest BCUT2D eigenvalue weighted by Crippen LogP contribution is -2.26. The van der Waals surface area contributed by atoms with Gasteiger partial charge in [0.05, 0.1) is 5.75 Å². The number of aryl methyl sites for hydroxylation is 1. The molecule has 0 atom stereocenters. The van der Waals surface area contributed by atoms with E-state index in [-0.39, 0.29) is 35.4 Å². The van der Waals surface area contributed by atoms with Crippen molar-refractivity contribution in [1.29, 1.82) is 0 Å². The van der Waals surface area contributed by atoms with E-state index in [2.05, 4.69) is 19.9 Å². The van der Waals surface area contributed by atoms with E-state index < -0.39 is 10.0 Å². The number of carbonyl (C=O) groups excluding carboxylic acids is 1. The number of hydrogen-bond acceptors (Lipinski definition) is 7. The van der Waals surface area contributed by atoms with E-state index in [1.54, 1.807) is 24.7 Å². The van der Waals surface area contributed by atoms with E-state index >= 15 is 0 Å². The van der Waals surface area contributed by atoms with Crippen LogP contribution in [0.15, 0.2) is 29.1 Å². The third-order valence-corrected chi connectivity index (χ3v) is 6.31. The molecule has 0 aromatic carbocycles. The zero-order chi connectivity index (χ0) is 19.9. The summed E-state index contributed by atoms with van der Waals surface area (Å²) in [5, 5.41) is 0. The average Bonchev–Trinajstić information content (AvgIpc) is 3.34. The van der Waals surface area contributed by atoms with Crippen LogP contribution in [-0.4, -0.2) is 46.4 Å². The average molecular weight is 401 g/mol. The molecule has 1 N–H and O–H groups in total. The predicted molar refractivity (Wildman–Crippen MR) is 102 cm³/mol. The van der Waals surface area contributed by atoms with E-state index in [9.17, 15) is 13.2 Å². The van der Waals surface area contributed by atoms with Gasteiger partial charge >= 0.3 is 0 Å². The lowest BCUT2D eigenvalue weighted by atomic mass is 10.1. The Morgan fingerprint density at radius 3 is 2.82 bits per heavy atom. The quantitative estimate of drug-likeness (QED) is 0.694. The number of hydrogen-bond donors (Lipinski definition) is 1. The second-order valence-corrected chi connectivity index (χ2v) is 8.73. The third-order valence-electron chi connectivity index (χ3n) is 4.48. The molecule has 1 fully saturated rings. The maximum Gasteiger partial charge on any atom is 0.236 e. The number of pyridine rings is 1. The van der Waals surface area contributed by atoms with Gasteiger partial charge in [-0.3, -0.25) is 14.1 Å². The normalized spacial score (nSPS) is 15.9. The van der Waals surface area contributed by atoms with Gasteiger partial charge in [0.2, 0.25) is 21.7 Å². The van der Waals surface area contributed by atoms with Crippen molar-refractivity contribution in [2.24, 2.45) is 0 Å². The fourth-order valence-corrected chi connectivity index (χ4v) is 4.68. The summed E-state index contributed by atoms with van der Waals surface area (Å²) in [5.74, 6) is 1.19. The number of Topliss-reactive ketones (excluding diaryl/α,β-unsaturated/α-hetero) is 1. The first-order valence-corrected chi connectivity index (χ1v) is 10.4. The van der Waals surface area contributed by atoms with Crippen LogP contribution in [-0.2, 0) is 21.2 Å². The highest BCUT2D eigenvalue weighted by Gasteiger charge is 2.35. The molecular weight excluding hydrogens is 382 g/mol. The zero-order valence-corrected chi connectivity index (χ0v) is 16.3. The van der Waals surface area contributed by atoms with Gasteiger partial charge in [0, 0.05) is 42.8 Å². The van der Waals surface area contributed by atoms with E-state index in [0.29, 0.717) is 30.0 Å². The Labute approximate surface area is 161 Å². The second kappa shape index (κ2) is 6.86. The highest BCUT2D eigenvalue weighted by atomic mass is 32.2. The van der Waals surface area contributed by atoms with Gasteiger partial charge in [-0.1, -0.05) is 0 Å². The SMILES string of the molecule is CC(=O)Cc1cc(-c2nc(N3CCCS3(=O)=O)c(-c3ncc[nH]3)o2)c(C)cn1.